The molecule has 1 aromatic carbocycles. The summed E-state index contributed by atoms with van der Waals surface area (Å²) < 4.78 is 0. The second-order valence-corrected chi connectivity index (χ2v) is 5.76. The van der Waals surface area contributed by atoms with Gasteiger partial charge in [0.1, 0.15) is 0 Å². The average molecular weight is 266 g/mol. The zero-order valence-corrected chi connectivity index (χ0v) is 11.5. The van der Waals surface area contributed by atoms with Gasteiger partial charge in [0.15, 0.2) is 0 Å². The van der Waals surface area contributed by atoms with E-state index in [2.05, 4.69) is 5.32 Å². The number of hydrogen-bond acceptors (Lipinski definition) is 1. The minimum absolute atomic E-state index is 0.0427. The predicted octanol–water partition coefficient (Wildman–Crippen LogP) is 3.52. The second kappa shape index (κ2) is 6.24. The first-order chi connectivity index (χ1) is 8.66. The molecule has 18 heavy (non-hydrogen) atoms. The van der Waals surface area contributed by atoms with Crippen molar-refractivity contribution in [2.45, 2.75) is 38.0 Å². The van der Waals surface area contributed by atoms with E-state index in [1.807, 2.05) is 31.2 Å². The Morgan fingerprint density at radius 3 is 2.61 bits per heavy atom. The van der Waals surface area contributed by atoms with Crippen LogP contribution in [-0.2, 0) is 0 Å². The SMILES string of the molecule is Cc1ccccc1C(=O)NCC1CCC(Cl)CC1. The molecule has 0 saturated heterocycles. The topological polar surface area (TPSA) is 29.1 Å². The molecule has 0 unspecified atom stereocenters. The van der Waals surface area contributed by atoms with Gasteiger partial charge in [-0.25, -0.2) is 0 Å². The first kappa shape index (κ1) is 13.4. The van der Waals surface area contributed by atoms with E-state index in [1.54, 1.807) is 0 Å². The highest BCUT2D eigenvalue weighted by molar-refractivity contribution is 6.20. The van der Waals surface area contributed by atoms with Crippen molar-refractivity contribution >= 4 is 17.5 Å². The molecular weight excluding hydrogens is 246 g/mol. The van der Waals surface area contributed by atoms with E-state index in [0.717, 1.165) is 43.4 Å². The third-order valence-corrected chi connectivity index (χ3v) is 4.15. The summed E-state index contributed by atoms with van der Waals surface area (Å²) in [6.07, 6.45) is 4.41. The monoisotopic (exact) mass is 265 g/mol. The molecule has 3 heteroatoms. The Morgan fingerprint density at radius 1 is 1.28 bits per heavy atom. The maximum Gasteiger partial charge on any atom is 0.251 e. The molecule has 0 spiro atoms. The standard InChI is InChI=1S/C15H20ClNO/c1-11-4-2-3-5-14(11)15(18)17-10-12-6-8-13(16)9-7-12/h2-5,12-13H,6-10H2,1H3,(H,17,18). The van der Waals surface area contributed by atoms with E-state index in [1.165, 1.54) is 0 Å². The fourth-order valence-corrected chi connectivity index (χ4v) is 2.74. The van der Waals surface area contributed by atoms with E-state index in [4.69, 9.17) is 11.6 Å². The molecule has 0 atom stereocenters. The van der Waals surface area contributed by atoms with Gasteiger partial charge in [-0.05, 0) is 50.2 Å². The van der Waals surface area contributed by atoms with Crippen LogP contribution in [0.3, 0.4) is 0 Å². The first-order valence-electron chi connectivity index (χ1n) is 6.64. The summed E-state index contributed by atoms with van der Waals surface area (Å²) in [5.74, 6) is 0.633. The van der Waals surface area contributed by atoms with Gasteiger partial charge in [0.25, 0.3) is 5.91 Å². The molecule has 1 N–H and O–H groups in total. The molecule has 1 aromatic rings. The summed E-state index contributed by atoms with van der Waals surface area (Å²) in [6.45, 7) is 2.74. The van der Waals surface area contributed by atoms with Crippen molar-refractivity contribution < 1.29 is 4.79 Å². The molecule has 0 radical (unpaired) electrons. The zero-order chi connectivity index (χ0) is 13.0. The lowest BCUT2D eigenvalue weighted by atomic mass is 9.89. The van der Waals surface area contributed by atoms with Crippen LogP contribution in [0.5, 0.6) is 0 Å². The zero-order valence-electron chi connectivity index (χ0n) is 10.8. The van der Waals surface area contributed by atoms with Crippen LogP contribution in [0.15, 0.2) is 24.3 Å². The molecule has 2 rings (SSSR count). The molecule has 1 aliphatic rings. The Kier molecular flexibility index (Phi) is 4.65. The van der Waals surface area contributed by atoms with Crippen LogP contribution in [0, 0.1) is 12.8 Å². The smallest absolute Gasteiger partial charge is 0.251 e. The molecule has 2 nitrogen and oxygen atoms in total. The molecule has 1 amide bonds. The van der Waals surface area contributed by atoms with Crippen LogP contribution in [0.4, 0.5) is 0 Å². The van der Waals surface area contributed by atoms with Crippen LogP contribution >= 0.6 is 11.6 Å². The fourth-order valence-electron chi connectivity index (χ4n) is 2.49. The Balaban J connectivity index is 1.84. The van der Waals surface area contributed by atoms with E-state index >= 15 is 0 Å². The summed E-state index contributed by atoms with van der Waals surface area (Å²) in [5.41, 5.74) is 1.81. The van der Waals surface area contributed by atoms with Crippen molar-refractivity contribution in [2.75, 3.05) is 6.54 Å². The normalized spacial score (nSPS) is 23.7. The maximum absolute atomic E-state index is 12.0. The number of aryl methyl sites for hydroxylation is 1. The van der Waals surface area contributed by atoms with Crippen molar-refractivity contribution in [3.63, 3.8) is 0 Å². The lowest BCUT2D eigenvalue weighted by molar-refractivity contribution is 0.0943. The summed E-state index contributed by atoms with van der Waals surface area (Å²) in [6, 6.07) is 7.70. The number of hydrogen-bond donors (Lipinski definition) is 1. The van der Waals surface area contributed by atoms with E-state index in [9.17, 15) is 4.79 Å². The number of amides is 1. The number of carbonyl (C=O) groups is 1. The lowest BCUT2D eigenvalue weighted by Gasteiger charge is -2.25. The van der Waals surface area contributed by atoms with Crippen LogP contribution in [0.1, 0.15) is 41.6 Å². The van der Waals surface area contributed by atoms with Gasteiger partial charge in [-0.2, -0.15) is 0 Å². The summed E-state index contributed by atoms with van der Waals surface area (Å²) >= 11 is 6.07. The van der Waals surface area contributed by atoms with Crippen molar-refractivity contribution in [3.05, 3.63) is 35.4 Å². The van der Waals surface area contributed by atoms with Gasteiger partial charge in [0, 0.05) is 17.5 Å². The van der Waals surface area contributed by atoms with E-state index < -0.39 is 0 Å². The highest BCUT2D eigenvalue weighted by atomic mass is 35.5. The molecule has 98 valence electrons. The Labute approximate surface area is 114 Å². The quantitative estimate of drug-likeness (QED) is 0.833. The van der Waals surface area contributed by atoms with Gasteiger partial charge in [-0.3, -0.25) is 4.79 Å². The number of rotatable bonds is 3. The Bertz CT molecular complexity index is 411. The maximum atomic E-state index is 12.0. The first-order valence-corrected chi connectivity index (χ1v) is 7.08. The second-order valence-electron chi connectivity index (χ2n) is 5.14. The largest absolute Gasteiger partial charge is 0.352 e. The van der Waals surface area contributed by atoms with Gasteiger partial charge >= 0.3 is 0 Å². The van der Waals surface area contributed by atoms with Crippen molar-refractivity contribution in [3.8, 4) is 0 Å². The van der Waals surface area contributed by atoms with Gasteiger partial charge in [0.05, 0.1) is 0 Å². The highest BCUT2D eigenvalue weighted by Gasteiger charge is 2.20. The van der Waals surface area contributed by atoms with Gasteiger partial charge in [-0.1, -0.05) is 18.2 Å². The van der Waals surface area contributed by atoms with Crippen LogP contribution in [0.25, 0.3) is 0 Å². The number of halogens is 1. The highest BCUT2D eigenvalue weighted by Crippen LogP contribution is 2.27. The van der Waals surface area contributed by atoms with Crippen molar-refractivity contribution in [2.24, 2.45) is 5.92 Å². The molecule has 0 heterocycles. The minimum Gasteiger partial charge on any atom is -0.352 e. The van der Waals surface area contributed by atoms with E-state index in [0.29, 0.717) is 11.3 Å². The number of benzene rings is 1. The number of nitrogens with one attached hydrogen (secondary N) is 1. The average Bonchev–Trinajstić information content (AvgIpc) is 2.38. The fraction of sp³-hybridized carbons (Fsp3) is 0.533. The third-order valence-electron chi connectivity index (χ3n) is 3.72. The molecule has 1 fully saturated rings. The summed E-state index contributed by atoms with van der Waals surface area (Å²) in [5, 5.41) is 3.38. The summed E-state index contributed by atoms with van der Waals surface area (Å²) in [7, 11) is 0. The van der Waals surface area contributed by atoms with Gasteiger partial charge in [0.2, 0.25) is 0 Å². The van der Waals surface area contributed by atoms with Gasteiger partial charge < -0.3 is 5.32 Å². The van der Waals surface area contributed by atoms with E-state index in [-0.39, 0.29) is 5.91 Å². The minimum atomic E-state index is 0.0427. The molecule has 0 bridgehead atoms. The van der Waals surface area contributed by atoms with Gasteiger partial charge in [-0.15, -0.1) is 11.6 Å². The molecule has 0 aliphatic heterocycles. The lowest BCUT2D eigenvalue weighted by Crippen LogP contribution is -2.31. The van der Waals surface area contributed by atoms with Crippen molar-refractivity contribution in [1.82, 2.24) is 5.32 Å². The number of alkyl halides is 1. The van der Waals surface area contributed by atoms with Crippen molar-refractivity contribution in [1.29, 1.82) is 0 Å². The van der Waals surface area contributed by atoms with Crippen LogP contribution < -0.4 is 5.32 Å². The predicted molar refractivity (Wildman–Crippen MR) is 75.1 cm³/mol. The molecular formula is C15H20ClNO. The van der Waals surface area contributed by atoms with Crippen LogP contribution in [0.2, 0.25) is 0 Å². The summed E-state index contributed by atoms with van der Waals surface area (Å²) in [4.78, 5) is 12.0. The molecule has 1 saturated carbocycles. The molecule has 0 aromatic heterocycles. The van der Waals surface area contributed by atoms with Crippen LogP contribution in [-0.4, -0.2) is 17.8 Å². The molecule has 1 aliphatic carbocycles. The third kappa shape index (κ3) is 3.49. The Morgan fingerprint density at radius 2 is 1.94 bits per heavy atom. The Hall–Kier alpha value is -1.02. The number of carbonyl (C=O) groups excluding carboxylic acids is 1.